The lowest BCUT2D eigenvalue weighted by Gasteiger charge is -2.25. The van der Waals surface area contributed by atoms with Crippen molar-refractivity contribution < 1.29 is 4.74 Å². The van der Waals surface area contributed by atoms with Crippen molar-refractivity contribution in [2.75, 3.05) is 13.2 Å². The summed E-state index contributed by atoms with van der Waals surface area (Å²) in [7, 11) is 0. The van der Waals surface area contributed by atoms with Gasteiger partial charge in [0.25, 0.3) is 0 Å². The first kappa shape index (κ1) is 15.2. The Labute approximate surface area is 112 Å². The summed E-state index contributed by atoms with van der Waals surface area (Å²) >= 11 is 0. The van der Waals surface area contributed by atoms with Crippen LogP contribution in [0.25, 0.3) is 0 Å². The van der Waals surface area contributed by atoms with Crippen LogP contribution in [-0.4, -0.2) is 18.8 Å². The highest BCUT2D eigenvalue weighted by molar-refractivity contribution is 5.25. The van der Waals surface area contributed by atoms with Gasteiger partial charge in [-0.05, 0) is 44.9 Å². The van der Waals surface area contributed by atoms with Gasteiger partial charge in [-0.3, -0.25) is 0 Å². The Morgan fingerprint density at radius 2 is 1.72 bits per heavy atom. The average Bonchev–Trinajstić information content (AvgIpc) is 2.33. The maximum Gasteiger partial charge on any atom is 0.0668 e. The van der Waals surface area contributed by atoms with Gasteiger partial charge in [-0.1, -0.05) is 38.1 Å². The van der Waals surface area contributed by atoms with E-state index in [-0.39, 0.29) is 11.6 Å². The van der Waals surface area contributed by atoms with Gasteiger partial charge < -0.3 is 10.1 Å². The monoisotopic (exact) mass is 249 g/mol. The minimum Gasteiger partial charge on any atom is -0.374 e. The highest BCUT2D eigenvalue weighted by atomic mass is 16.5. The lowest BCUT2D eigenvalue weighted by atomic mass is 10.0. The normalized spacial score (nSPS) is 13.6. The summed E-state index contributed by atoms with van der Waals surface area (Å²) in [4.78, 5) is 0. The van der Waals surface area contributed by atoms with Gasteiger partial charge >= 0.3 is 0 Å². The molecule has 0 fully saturated rings. The van der Waals surface area contributed by atoms with Crippen LogP contribution in [0.2, 0.25) is 0 Å². The highest BCUT2D eigenvalue weighted by Gasteiger charge is 2.16. The molecule has 1 atom stereocenters. The molecule has 0 saturated carbocycles. The molecule has 1 unspecified atom stereocenters. The van der Waals surface area contributed by atoms with Gasteiger partial charge in [-0.2, -0.15) is 0 Å². The number of hydrogen-bond acceptors (Lipinski definition) is 2. The van der Waals surface area contributed by atoms with E-state index in [2.05, 4.69) is 64.2 Å². The number of aryl methyl sites for hydroxylation is 1. The zero-order valence-corrected chi connectivity index (χ0v) is 12.4. The molecule has 102 valence electrons. The van der Waals surface area contributed by atoms with E-state index in [1.54, 1.807) is 0 Å². The third-order valence-electron chi connectivity index (χ3n) is 2.92. The zero-order valence-electron chi connectivity index (χ0n) is 12.4. The smallest absolute Gasteiger partial charge is 0.0668 e. The molecule has 0 aliphatic rings. The molecule has 1 aromatic rings. The number of rotatable bonds is 6. The van der Waals surface area contributed by atoms with Crippen molar-refractivity contribution in [3.05, 3.63) is 35.4 Å². The molecule has 0 amide bonds. The van der Waals surface area contributed by atoms with Crippen molar-refractivity contribution in [1.29, 1.82) is 0 Å². The first-order chi connectivity index (χ1) is 8.46. The Morgan fingerprint density at radius 1 is 1.11 bits per heavy atom. The Kier molecular flexibility index (Phi) is 5.83. The van der Waals surface area contributed by atoms with Crippen LogP contribution in [0.4, 0.5) is 0 Å². The number of benzene rings is 1. The molecule has 18 heavy (non-hydrogen) atoms. The molecule has 0 aromatic heterocycles. The molecule has 0 aliphatic carbocycles. The Morgan fingerprint density at radius 3 is 2.17 bits per heavy atom. The summed E-state index contributed by atoms with van der Waals surface area (Å²) in [6.07, 6.45) is 1.09. The first-order valence-electron chi connectivity index (χ1n) is 6.92. The lowest BCUT2D eigenvalue weighted by Crippen LogP contribution is -2.30. The lowest BCUT2D eigenvalue weighted by molar-refractivity contribution is -0.0146. The van der Waals surface area contributed by atoms with Crippen LogP contribution in [-0.2, 0) is 11.2 Å². The number of likely N-dealkylation sites (N-methyl/N-ethyl adjacent to an activating group) is 1. The van der Waals surface area contributed by atoms with E-state index in [9.17, 15) is 0 Å². The van der Waals surface area contributed by atoms with Gasteiger partial charge in [0.15, 0.2) is 0 Å². The average molecular weight is 249 g/mol. The first-order valence-corrected chi connectivity index (χ1v) is 6.92. The molecule has 1 rings (SSSR count). The van der Waals surface area contributed by atoms with Crippen LogP contribution in [0.1, 0.15) is 51.8 Å². The standard InChI is InChI=1S/C16H27NO/c1-6-13-8-10-14(11-9-13)15(17-7-2)12-18-16(3,4)5/h8-11,15,17H,6-7,12H2,1-5H3. The number of ether oxygens (including phenoxy) is 1. The van der Waals surface area contributed by atoms with Crippen molar-refractivity contribution >= 4 is 0 Å². The minimum absolute atomic E-state index is 0.0863. The second kappa shape index (κ2) is 6.91. The fourth-order valence-electron chi connectivity index (χ4n) is 1.84. The SMILES string of the molecule is CCNC(COC(C)(C)C)c1ccc(CC)cc1. The van der Waals surface area contributed by atoms with Crippen molar-refractivity contribution in [2.24, 2.45) is 0 Å². The molecule has 0 bridgehead atoms. The summed E-state index contributed by atoms with van der Waals surface area (Å²) < 4.78 is 5.89. The number of hydrogen-bond donors (Lipinski definition) is 1. The van der Waals surface area contributed by atoms with E-state index >= 15 is 0 Å². The molecule has 1 N–H and O–H groups in total. The highest BCUT2D eigenvalue weighted by Crippen LogP contribution is 2.18. The molecule has 1 aromatic carbocycles. The van der Waals surface area contributed by atoms with Crippen molar-refractivity contribution in [1.82, 2.24) is 5.32 Å². The van der Waals surface area contributed by atoms with E-state index in [4.69, 9.17) is 4.74 Å². The molecule has 0 aliphatic heterocycles. The van der Waals surface area contributed by atoms with E-state index in [0.717, 1.165) is 13.0 Å². The molecule has 0 heterocycles. The van der Waals surface area contributed by atoms with Crippen LogP contribution < -0.4 is 5.32 Å². The van der Waals surface area contributed by atoms with E-state index in [1.165, 1.54) is 11.1 Å². The number of nitrogens with one attached hydrogen (secondary N) is 1. The maximum atomic E-state index is 5.89. The molecule has 0 saturated heterocycles. The maximum absolute atomic E-state index is 5.89. The molecule has 2 heteroatoms. The zero-order chi connectivity index (χ0) is 13.6. The summed E-state index contributed by atoms with van der Waals surface area (Å²) in [5.74, 6) is 0. The van der Waals surface area contributed by atoms with Gasteiger partial charge in [0.2, 0.25) is 0 Å². The minimum atomic E-state index is -0.0863. The Hall–Kier alpha value is -0.860. The third kappa shape index (κ3) is 5.19. The topological polar surface area (TPSA) is 21.3 Å². The fourth-order valence-corrected chi connectivity index (χ4v) is 1.84. The predicted octanol–water partition coefficient (Wildman–Crippen LogP) is 3.71. The van der Waals surface area contributed by atoms with Crippen molar-refractivity contribution in [3.63, 3.8) is 0 Å². The summed E-state index contributed by atoms with van der Waals surface area (Å²) in [5.41, 5.74) is 2.60. The second-order valence-corrected chi connectivity index (χ2v) is 5.63. The molecular formula is C16H27NO. The van der Waals surface area contributed by atoms with Crippen LogP contribution in [0.3, 0.4) is 0 Å². The van der Waals surface area contributed by atoms with Crippen molar-refractivity contribution in [3.8, 4) is 0 Å². The van der Waals surface area contributed by atoms with Gasteiger partial charge in [0.1, 0.15) is 0 Å². The molecule has 0 spiro atoms. The summed E-state index contributed by atoms with van der Waals surface area (Å²) in [6, 6.07) is 9.10. The molecule has 0 radical (unpaired) electrons. The van der Waals surface area contributed by atoms with Gasteiger partial charge in [-0.15, -0.1) is 0 Å². The van der Waals surface area contributed by atoms with E-state index in [0.29, 0.717) is 6.61 Å². The van der Waals surface area contributed by atoms with Gasteiger partial charge in [-0.25, -0.2) is 0 Å². The van der Waals surface area contributed by atoms with Crippen molar-refractivity contribution in [2.45, 2.75) is 52.7 Å². The third-order valence-corrected chi connectivity index (χ3v) is 2.92. The Balaban J connectivity index is 2.70. The van der Waals surface area contributed by atoms with Crippen LogP contribution in [0.15, 0.2) is 24.3 Å². The summed E-state index contributed by atoms with van der Waals surface area (Å²) in [5, 5.41) is 3.48. The molecule has 2 nitrogen and oxygen atoms in total. The second-order valence-electron chi connectivity index (χ2n) is 5.63. The van der Waals surface area contributed by atoms with Crippen LogP contribution in [0.5, 0.6) is 0 Å². The van der Waals surface area contributed by atoms with Crippen LogP contribution in [0, 0.1) is 0 Å². The fraction of sp³-hybridized carbons (Fsp3) is 0.625. The predicted molar refractivity (Wildman–Crippen MR) is 77.9 cm³/mol. The summed E-state index contributed by atoms with van der Waals surface area (Å²) in [6.45, 7) is 12.3. The van der Waals surface area contributed by atoms with Gasteiger partial charge in [0, 0.05) is 0 Å². The van der Waals surface area contributed by atoms with E-state index in [1.807, 2.05) is 0 Å². The molecular weight excluding hydrogens is 222 g/mol. The largest absolute Gasteiger partial charge is 0.374 e. The van der Waals surface area contributed by atoms with E-state index < -0.39 is 0 Å². The van der Waals surface area contributed by atoms with Crippen LogP contribution >= 0.6 is 0 Å². The quantitative estimate of drug-likeness (QED) is 0.829. The van der Waals surface area contributed by atoms with Gasteiger partial charge in [0.05, 0.1) is 18.2 Å². The Bertz CT molecular complexity index is 337.